The summed E-state index contributed by atoms with van der Waals surface area (Å²) < 4.78 is 5.89. The summed E-state index contributed by atoms with van der Waals surface area (Å²) in [5, 5.41) is 11.8. The Morgan fingerprint density at radius 2 is 2.00 bits per heavy atom. The van der Waals surface area contributed by atoms with Crippen molar-refractivity contribution in [1.29, 1.82) is 0 Å². The molecule has 0 aliphatic heterocycles. The van der Waals surface area contributed by atoms with E-state index in [2.05, 4.69) is 10.3 Å². The maximum Gasteiger partial charge on any atom is 0.326 e. The van der Waals surface area contributed by atoms with Crippen molar-refractivity contribution in [2.24, 2.45) is 0 Å². The van der Waals surface area contributed by atoms with Crippen LogP contribution in [0.2, 0.25) is 0 Å². The second-order valence-corrected chi connectivity index (χ2v) is 6.26. The van der Waals surface area contributed by atoms with Crippen LogP contribution in [0.4, 0.5) is 0 Å². The van der Waals surface area contributed by atoms with Gasteiger partial charge in [0, 0.05) is 23.5 Å². The van der Waals surface area contributed by atoms with Crippen LogP contribution < -0.4 is 10.1 Å². The number of ether oxygens (including phenoxy) is 1. The predicted octanol–water partition coefficient (Wildman–Crippen LogP) is 3.43. The minimum atomic E-state index is -1.06. The van der Waals surface area contributed by atoms with E-state index in [1.54, 1.807) is 43.6 Å². The van der Waals surface area contributed by atoms with E-state index in [0.717, 1.165) is 16.7 Å². The van der Waals surface area contributed by atoms with E-state index in [1.807, 2.05) is 26.0 Å². The van der Waals surface area contributed by atoms with Gasteiger partial charge in [0.25, 0.3) is 5.91 Å². The number of carboxylic acid groups (broad SMARTS) is 1. The first-order valence-electron chi connectivity index (χ1n) is 8.70. The van der Waals surface area contributed by atoms with Gasteiger partial charge < -0.3 is 15.2 Å². The first kappa shape index (κ1) is 20.2. The van der Waals surface area contributed by atoms with Crippen molar-refractivity contribution in [3.8, 4) is 5.75 Å². The monoisotopic (exact) mass is 368 g/mol. The predicted molar refractivity (Wildman–Crippen MR) is 103 cm³/mol. The Labute approximate surface area is 158 Å². The Bertz CT molecular complexity index is 808. The molecule has 2 N–H and O–H groups in total. The summed E-state index contributed by atoms with van der Waals surface area (Å²) in [6.07, 6.45) is 7.15. The number of hydrogen-bond acceptors (Lipinski definition) is 4. The molecule has 1 unspecified atom stereocenters. The molecule has 142 valence electrons. The van der Waals surface area contributed by atoms with Gasteiger partial charge in [-0.2, -0.15) is 0 Å². The van der Waals surface area contributed by atoms with Crippen molar-refractivity contribution >= 4 is 11.9 Å². The van der Waals surface area contributed by atoms with Crippen molar-refractivity contribution in [2.45, 2.75) is 39.8 Å². The van der Waals surface area contributed by atoms with E-state index in [4.69, 9.17) is 4.74 Å². The summed E-state index contributed by atoms with van der Waals surface area (Å²) in [6, 6.07) is 6.22. The van der Waals surface area contributed by atoms with E-state index in [0.29, 0.717) is 17.9 Å². The number of rotatable bonds is 8. The molecule has 2 aromatic rings. The van der Waals surface area contributed by atoms with Gasteiger partial charge in [0.15, 0.2) is 0 Å². The topological polar surface area (TPSA) is 88.5 Å². The molecule has 2 rings (SSSR count). The molecule has 6 heteroatoms. The van der Waals surface area contributed by atoms with E-state index < -0.39 is 17.9 Å². The fourth-order valence-corrected chi connectivity index (χ4v) is 2.68. The van der Waals surface area contributed by atoms with Crippen LogP contribution in [0.25, 0.3) is 0 Å². The second-order valence-electron chi connectivity index (χ2n) is 6.26. The molecule has 27 heavy (non-hydrogen) atoms. The highest BCUT2D eigenvalue weighted by atomic mass is 16.5. The van der Waals surface area contributed by atoms with Crippen LogP contribution in [0.5, 0.6) is 5.75 Å². The molecule has 1 atom stereocenters. The van der Waals surface area contributed by atoms with Crippen molar-refractivity contribution < 1.29 is 19.4 Å². The largest absolute Gasteiger partial charge is 0.488 e. The summed E-state index contributed by atoms with van der Waals surface area (Å²) in [4.78, 5) is 27.8. The lowest BCUT2D eigenvalue weighted by Gasteiger charge is -2.16. The number of benzene rings is 1. The van der Waals surface area contributed by atoms with Gasteiger partial charge in [-0.15, -0.1) is 0 Å². The summed E-state index contributed by atoms with van der Waals surface area (Å²) >= 11 is 0. The van der Waals surface area contributed by atoms with Gasteiger partial charge in [-0.25, -0.2) is 4.79 Å². The van der Waals surface area contributed by atoms with Gasteiger partial charge in [-0.3, -0.25) is 9.78 Å². The van der Waals surface area contributed by atoms with Crippen LogP contribution in [0.1, 0.15) is 40.4 Å². The fraction of sp³-hybridized carbons (Fsp3) is 0.286. The van der Waals surface area contributed by atoms with E-state index in [-0.39, 0.29) is 6.42 Å². The number of aliphatic carboxylic acids is 1. The molecule has 0 fully saturated rings. The lowest BCUT2D eigenvalue weighted by atomic mass is 10.0. The normalized spacial score (nSPS) is 12.0. The number of hydrogen-bond donors (Lipinski definition) is 2. The molecule has 0 spiro atoms. The van der Waals surface area contributed by atoms with E-state index in [1.165, 1.54) is 0 Å². The second kappa shape index (κ2) is 9.52. The Hall–Kier alpha value is -3.15. The van der Waals surface area contributed by atoms with Gasteiger partial charge in [0.1, 0.15) is 18.4 Å². The number of aromatic nitrogens is 1. The summed E-state index contributed by atoms with van der Waals surface area (Å²) in [6.45, 7) is 5.90. The van der Waals surface area contributed by atoms with Gasteiger partial charge in [0.05, 0.1) is 0 Å². The molecule has 0 saturated heterocycles. The van der Waals surface area contributed by atoms with Crippen LogP contribution in [0, 0.1) is 13.8 Å². The van der Waals surface area contributed by atoms with Crippen molar-refractivity contribution in [3.05, 3.63) is 71.1 Å². The standard InChI is InChI=1S/C21H24N2O4/c1-4-5-8-18(21(25)26)23-20(24)17-10-14(2)19(15(3)11-17)27-13-16-7-6-9-22-12-16/h4-7,9-12,18H,8,13H2,1-3H3,(H,23,24)(H,25,26)/b5-4+. The molecular formula is C21H24N2O4. The minimum Gasteiger partial charge on any atom is -0.488 e. The molecule has 1 aromatic heterocycles. The third kappa shape index (κ3) is 5.67. The maximum absolute atomic E-state index is 12.5. The van der Waals surface area contributed by atoms with Crippen LogP contribution in [-0.2, 0) is 11.4 Å². The molecule has 6 nitrogen and oxygen atoms in total. The van der Waals surface area contributed by atoms with Crippen LogP contribution in [0.15, 0.2) is 48.8 Å². The molecule has 1 amide bonds. The molecule has 1 aromatic carbocycles. The van der Waals surface area contributed by atoms with E-state index in [9.17, 15) is 14.7 Å². The lowest BCUT2D eigenvalue weighted by molar-refractivity contribution is -0.139. The van der Waals surface area contributed by atoms with E-state index >= 15 is 0 Å². The highest BCUT2D eigenvalue weighted by molar-refractivity contribution is 5.97. The number of aryl methyl sites for hydroxylation is 2. The molecular weight excluding hydrogens is 344 g/mol. The summed E-state index contributed by atoms with van der Waals surface area (Å²) in [5.74, 6) is -0.776. The number of carbonyl (C=O) groups is 2. The average molecular weight is 368 g/mol. The van der Waals surface area contributed by atoms with Crippen LogP contribution in [-0.4, -0.2) is 28.0 Å². The average Bonchev–Trinajstić information content (AvgIpc) is 2.64. The smallest absolute Gasteiger partial charge is 0.326 e. The van der Waals surface area contributed by atoms with Crippen molar-refractivity contribution in [2.75, 3.05) is 0 Å². The molecule has 0 aliphatic rings. The minimum absolute atomic E-state index is 0.238. The van der Waals surface area contributed by atoms with Crippen LogP contribution >= 0.6 is 0 Å². The number of nitrogens with one attached hydrogen (secondary N) is 1. The number of carboxylic acids is 1. The number of allylic oxidation sites excluding steroid dienone is 1. The highest BCUT2D eigenvalue weighted by Gasteiger charge is 2.20. The zero-order chi connectivity index (χ0) is 19.8. The molecule has 0 radical (unpaired) electrons. The molecule has 0 saturated carbocycles. The Kier molecular flexibility index (Phi) is 7.11. The third-order valence-corrected chi connectivity index (χ3v) is 4.04. The number of carbonyl (C=O) groups excluding carboxylic acids is 1. The molecule has 1 heterocycles. The maximum atomic E-state index is 12.5. The first-order valence-corrected chi connectivity index (χ1v) is 8.70. The number of pyridine rings is 1. The summed E-state index contributed by atoms with van der Waals surface area (Å²) in [7, 11) is 0. The fourth-order valence-electron chi connectivity index (χ4n) is 2.68. The zero-order valence-corrected chi connectivity index (χ0v) is 15.7. The SMILES string of the molecule is C/C=C/CC(NC(=O)c1cc(C)c(OCc2cccnc2)c(C)c1)C(=O)O. The van der Waals surface area contributed by atoms with Gasteiger partial charge >= 0.3 is 5.97 Å². The lowest BCUT2D eigenvalue weighted by Crippen LogP contribution is -2.40. The quantitative estimate of drug-likeness (QED) is 0.697. The van der Waals surface area contributed by atoms with Crippen molar-refractivity contribution in [1.82, 2.24) is 10.3 Å². The molecule has 0 aliphatic carbocycles. The molecule has 0 bridgehead atoms. The van der Waals surface area contributed by atoms with Gasteiger partial charge in [-0.1, -0.05) is 18.2 Å². The first-order chi connectivity index (χ1) is 12.9. The third-order valence-electron chi connectivity index (χ3n) is 4.04. The number of amides is 1. The Morgan fingerprint density at radius 3 is 2.56 bits per heavy atom. The summed E-state index contributed by atoms with van der Waals surface area (Å²) in [5.41, 5.74) is 2.98. The zero-order valence-electron chi connectivity index (χ0n) is 15.7. The van der Waals surface area contributed by atoms with Crippen LogP contribution in [0.3, 0.4) is 0 Å². The Balaban J connectivity index is 2.12. The van der Waals surface area contributed by atoms with Crippen molar-refractivity contribution in [3.63, 3.8) is 0 Å². The van der Waals surface area contributed by atoms with Gasteiger partial charge in [0.2, 0.25) is 0 Å². The highest BCUT2D eigenvalue weighted by Crippen LogP contribution is 2.26. The van der Waals surface area contributed by atoms with Gasteiger partial charge in [-0.05, 0) is 56.5 Å². The Morgan fingerprint density at radius 1 is 1.30 bits per heavy atom. The number of nitrogens with zero attached hydrogens (tertiary/aromatic N) is 1.